The maximum Gasteiger partial charge on any atom is 0.326 e. The second kappa shape index (κ2) is 15.5. The molecule has 10 nitrogen and oxygen atoms in total. The van der Waals surface area contributed by atoms with E-state index in [1.165, 1.54) is 11.8 Å². The SMILES string of the molecule is CCC(C)C(N)C(=O)NC(C(=O)NC(Cc1c[nH]c2ccccc12)C(=O)NC(CCSC)C(=O)O)C(C)CC. The molecule has 1 heterocycles. The third-order valence-electron chi connectivity index (χ3n) is 7.31. The van der Waals surface area contributed by atoms with E-state index in [4.69, 9.17) is 5.73 Å². The number of aliphatic carboxylic acids is 1. The lowest BCUT2D eigenvalue weighted by Gasteiger charge is -2.28. The summed E-state index contributed by atoms with van der Waals surface area (Å²) in [6, 6.07) is 3.74. The second-order valence-electron chi connectivity index (χ2n) is 10.1. The molecule has 2 rings (SSSR count). The molecule has 0 fully saturated rings. The average Bonchev–Trinajstić information content (AvgIpc) is 3.34. The molecule has 0 aliphatic carbocycles. The number of carboxylic acids is 1. The molecule has 0 bridgehead atoms. The number of carbonyl (C=O) groups excluding carboxylic acids is 3. The quantitative estimate of drug-likeness (QED) is 0.183. The molecule has 1 aromatic carbocycles. The number of benzene rings is 1. The molecule has 11 heteroatoms. The van der Waals surface area contributed by atoms with Gasteiger partial charge < -0.3 is 31.8 Å². The van der Waals surface area contributed by atoms with Gasteiger partial charge in [-0.3, -0.25) is 14.4 Å². The topological polar surface area (TPSA) is 166 Å². The smallest absolute Gasteiger partial charge is 0.326 e. The van der Waals surface area contributed by atoms with Gasteiger partial charge >= 0.3 is 5.97 Å². The number of thioether (sulfide) groups is 1. The Bertz CT molecular complexity index is 1120. The number of aromatic amines is 1. The van der Waals surface area contributed by atoms with Gasteiger partial charge in [0.1, 0.15) is 18.1 Å². The number of amides is 3. The fraction of sp³-hybridized carbons (Fsp3) is 0.571. The van der Waals surface area contributed by atoms with Gasteiger partial charge in [0.15, 0.2) is 0 Å². The Kier molecular flexibility index (Phi) is 12.8. The molecule has 0 radical (unpaired) electrons. The number of nitrogens with two attached hydrogens (primary N) is 1. The maximum atomic E-state index is 13.6. The van der Waals surface area contributed by atoms with Gasteiger partial charge in [0.25, 0.3) is 0 Å². The number of para-hydroxylation sites is 1. The molecule has 0 aliphatic rings. The number of carboxylic acid groups (broad SMARTS) is 1. The molecule has 0 saturated carbocycles. The van der Waals surface area contributed by atoms with Crippen molar-refractivity contribution in [1.29, 1.82) is 0 Å². The van der Waals surface area contributed by atoms with Gasteiger partial charge in [-0.2, -0.15) is 11.8 Å². The van der Waals surface area contributed by atoms with Crippen molar-refractivity contribution in [1.82, 2.24) is 20.9 Å². The maximum absolute atomic E-state index is 13.6. The fourth-order valence-corrected chi connectivity index (χ4v) is 4.69. The summed E-state index contributed by atoms with van der Waals surface area (Å²) in [7, 11) is 0. The predicted molar refractivity (Wildman–Crippen MR) is 155 cm³/mol. The number of rotatable bonds is 16. The minimum absolute atomic E-state index is 0.0692. The minimum Gasteiger partial charge on any atom is -0.480 e. The molecule has 6 unspecified atom stereocenters. The second-order valence-corrected chi connectivity index (χ2v) is 11.1. The summed E-state index contributed by atoms with van der Waals surface area (Å²) in [6.07, 6.45) is 5.32. The van der Waals surface area contributed by atoms with Gasteiger partial charge in [0.05, 0.1) is 6.04 Å². The third-order valence-corrected chi connectivity index (χ3v) is 7.95. The number of aromatic nitrogens is 1. The van der Waals surface area contributed by atoms with Gasteiger partial charge in [-0.1, -0.05) is 58.7 Å². The summed E-state index contributed by atoms with van der Waals surface area (Å²) in [6.45, 7) is 7.57. The van der Waals surface area contributed by atoms with Crippen LogP contribution in [0, 0.1) is 11.8 Å². The Labute approximate surface area is 234 Å². The highest BCUT2D eigenvalue weighted by Crippen LogP contribution is 2.20. The number of carbonyl (C=O) groups is 4. The summed E-state index contributed by atoms with van der Waals surface area (Å²) >= 11 is 1.48. The van der Waals surface area contributed by atoms with Crippen LogP contribution in [0.3, 0.4) is 0 Å². The van der Waals surface area contributed by atoms with Crippen LogP contribution < -0.4 is 21.7 Å². The molecule has 0 aliphatic heterocycles. The Hall–Kier alpha value is -3.05. The zero-order valence-electron chi connectivity index (χ0n) is 23.5. The van der Waals surface area contributed by atoms with Gasteiger partial charge in [-0.05, 0) is 41.9 Å². The summed E-state index contributed by atoms with van der Waals surface area (Å²) in [5.41, 5.74) is 7.78. The Morgan fingerprint density at radius 3 is 2.21 bits per heavy atom. The van der Waals surface area contributed by atoms with Crippen molar-refractivity contribution in [3.63, 3.8) is 0 Å². The van der Waals surface area contributed by atoms with Crippen molar-refractivity contribution in [3.8, 4) is 0 Å². The van der Waals surface area contributed by atoms with Crippen LogP contribution in [0.15, 0.2) is 30.5 Å². The van der Waals surface area contributed by atoms with E-state index in [0.717, 1.165) is 16.5 Å². The molecule has 7 N–H and O–H groups in total. The highest BCUT2D eigenvalue weighted by Gasteiger charge is 2.33. The molecular formula is C28H43N5O5S. The van der Waals surface area contributed by atoms with Gasteiger partial charge in [-0.15, -0.1) is 0 Å². The average molecular weight is 562 g/mol. The van der Waals surface area contributed by atoms with Gasteiger partial charge in [0, 0.05) is 23.5 Å². The van der Waals surface area contributed by atoms with Crippen molar-refractivity contribution in [2.45, 2.75) is 77.5 Å². The van der Waals surface area contributed by atoms with E-state index >= 15 is 0 Å². The highest BCUT2D eigenvalue weighted by atomic mass is 32.2. The van der Waals surface area contributed by atoms with Crippen LogP contribution in [-0.4, -0.2) is 70.0 Å². The molecule has 0 saturated heterocycles. The van der Waals surface area contributed by atoms with Crippen LogP contribution in [-0.2, 0) is 25.6 Å². The molecule has 6 atom stereocenters. The van der Waals surface area contributed by atoms with Gasteiger partial charge in [-0.25, -0.2) is 4.79 Å². The molecular weight excluding hydrogens is 518 g/mol. The van der Waals surface area contributed by atoms with E-state index in [1.54, 1.807) is 6.20 Å². The van der Waals surface area contributed by atoms with E-state index in [2.05, 4.69) is 20.9 Å². The van der Waals surface area contributed by atoms with E-state index in [0.29, 0.717) is 18.6 Å². The first-order valence-corrected chi connectivity index (χ1v) is 14.9. The fourth-order valence-electron chi connectivity index (χ4n) is 4.22. The van der Waals surface area contributed by atoms with Crippen LogP contribution in [0.2, 0.25) is 0 Å². The first kappa shape index (κ1) is 32.2. The summed E-state index contributed by atoms with van der Waals surface area (Å²) < 4.78 is 0. The van der Waals surface area contributed by atoms with Crippen LogP contribution in [0.25, 0.3) is 10.9 Å². The molecule has 0 spiro atoms. The molecule has 1 aromatic heterocycles. The standard InChI is InChI=1S/C28H43N5O5S/c1-6-16(3)23(29)26(35)33-24(17(4)7-2)27(36)32-22(25(34)31-21(28(37)38)12-13-39-5)14-18-15-30-20-11-9-8-10-19(18)20/h8-11,15-17,21-24,30H,6-7,12-14,29H2,1-5H3,(H,31,34)(H,32,36)(H,33,35)(H,37,38). The largest absolute Gasteiger partial charge is 0.480 e. The summed E-state index contributed by atoms with van der Waals surface area (Å²) in [5, 5.41) is 18.7. The van der Waals surface area contributed by atoms with Gasteiger partial charge in [0.2, 0.25) is 17.7 Å². The molecule has 39 heavy (non-hydrogen) atoms. The summed E-state index contributed by atoms with van der Waals surface area (Å²) in [5.74, 6) is -2.44. The van der Waals surface area contributed by atoms with Crippen molar-refractivity contribution in [3.05, 3.63) is 36.0 Å². The van der Waals surface area contributed by atoms with Crippen LogP contribution in [0.4, 0.5) is 0 Å². The lowest BCUT2D eigenvalue weighted by molar-refractivity contribution is -0.142. The Balaban J connectivity index is 2.34. The Morgan fingerprint density at radius 1 is 0.949 bits per heavy atom. The number of hydrogen-bond acceptors (Lipinski definition) is 6. The van der Waals surface area contributed by atoms with Crippen molar-refractivity contribution < 1.29 is 24.3 Å². The third kappa shape index (κ3) is 8.99. The van der Waals surface area contributed by atoms with E-state index in [-0.39, 0.29) is 24.7 Å². The number of hydrogen-bond donors (Lipinski definition) is 6. The molecule has 216 valence electrons. The Morgan fingerprint density at radius 2 is 1.59 bits per heavy atom. The number of H-pyrrole nitrogens is 1. The zero-order chi connectivity index (χ0) is 29.1. The van der Waals surface area contributed by atoms with E-state index < -0.39 is 47.9 Å². The first-order valence-electron chi connectivity index (χ1n) is 13.5. The monoisotopic (exact) mass is 561 g/mol. The highest BCUT2D eigenvalue weighted by molar-refractivity contribution is 7.98. The zero-order valence-corrected chi connectivity index (χ0v) is 24.3. The van der Waals surface area contributed by atoms with Crippen LogP contribution >= 0.6 is 11.8 Å². The first-order chi connectivity index (χ1) is 18.5. The lowest BCUT2D eigenvalue weighted by atomic mass is 9.95. The van der Waals surface area contributed by atoms with Crippen LogP contribution in [0.5, 0.6) is 0 Å². The minimum atomic E-state index is -1.14. The van der Waals surface area contributed by atoms with Crippen molar-refractivity contribution in [2.75, 3.05) is 12.0 Å². The molecule has 2 aromatic rings. The number of nitrogens with one attached hydrogen (secondary N) is 4. The van der Waals surface area contributed by atoms with Crippen LogP contribution in [0.1, 0.15) is 52.5 Å². The van der Waals surface area contributed by atoms with Crippen molar-refractivity contribution in [2.24, 2.45) is 17.6 Å². The van der Waals surface area contributed by atoms with E-state index in [9.17, 15) is 24.3 Å². The lowest BCUT2D eigenvalue weighted by Crippen LogP contribution is -2.59. The van der Waals surface area contributed by atoms with E-state index in [1.807, 2.05) is 58.2 Å². The summed E-state index contributed by atoms with van der Waals surface area (Å²) in [4.78, 5) is 54.8. The molecule has 3 amide bonds. The number of fused-ring (bicyclic) bond motifs is 1. The van der Waals surface area contributed by atoms with Crippen molar-refractivity contribution >= 4 is 46.4 Å². The normalized spacial score (nSPS) is 15.9. The predicted octanol–water partition coefficient (Wildman–Crippen LogP) is 2.42.